The molecular weight excluding hydrogens is 198 g/mol. The second kappa shape index (κ2) is 8.50. The van der Waals surface area contributed by atoms with Gasteiger partial charge in [-0.1, -0.05) is 12.2 Å². The summed E-state index contributed by atoms with van der Waals surface area (Å²) in [7, 11) is 0. The zero-order chi connectivity index (χ0) is 12.6. The first-order valence-electron chi connectivity index (χ1n) is 5.99. The smallest absolute Gasteiger partial charge is 0.115 e. The molecule has 2 N–H and O–H groups in total. The maximum Gasteiger partial charge on any atom is 0.115 e. The van der Waals surface area contributed by atoms with E-state index in [2.05, 4.69) is 56.4 Å². The highest BCUT2D eigenvalue weighted by Crippen LogP contribution is 1.98. The van der Waals surface area contributed by atoms with Crippen molar-refractivity contribution in [1.82, 2.24) is 15.5 Å². The molecule has 0 heterocycles. The van der Waals surface area contributed by atoms with Gasteiger partial charge in [0.1, 0.15) is 6.29 Å². The highest BCUT2D eigenvalue weighted by Gasteiger charge is 2.17. The van der Waals surface area contributed by atoms with Crippen LogP contribution in [-0.2, 0) is 0 Å². The fourth-order valence-corrected chi connectivity index (χ4v) is 1.51. The molecule has 0 aliphatic heterocycles. The summed E-state index contributed by atoms with van der Waals surface area (Å²) in [5.41, 5.74) is 0. The van der Waals surface area contributed by atoms with E-state index in [0.29, 0.717) is 12.1 Å². The Balaban J connectivity index is 4.50. The minimum Gasteiger partial charge on any atom is -0.287 e. The van der Waals surface area contributed by atoms with Gasteiger partial charge in [-0.3, -0.25) is 15.5 Å². The molecule has 0 unspecified atom stereocenters. The number of hydrogen-bond acceptors (Lipinski definition) is 3. The molecule has 0 saturated carbocycles. The Morgan fingerprint density at radius 2 is 1.31 bits per heavy atom. The number of hydrogen-bond donors (Lipinski definition) is 2. The van der Waals surface area contributed by atoms with E-state index in [4.69, 9.17) is 0 Å². The van der Waals surface area contributed by atoms with E-state index in [0.717, 1.165) is 13.1 Å². The Labute approximate surface area is 101 Å². The third-order valence-corrected chi connectivity index (χ3v) is 2.07. The second-order valence-electron chi connectivity index (χ2n) is 4.58. The van der Waals surface area contributed by atoms with Crippen molar-refractivity contribution in [2.45, 2.75) is 46.1 Å². The first-order chi connectivity index (χ1) is 7.51. The van der Waals surface area contributed by atoms with Gasteiger partial charge < -0.3 is 0 Å². The molecule has 94 valence electrons. The van der Waals surface area contributed by atoms with E-state index >= 15 is 0 Å². The van der Waals surface area contributed by atoms with Crippen LogP contribution in [0.15, 0.2) is 25.3 Å². The minimum absolute atomic E-state index is 0.163. The van der Waals surface area contributed by atoms with E-state index in [1.807, 2.05) is 12.2 Å². The molecule has 0 radical (unpaired) electrons. The highest BCUT2D eigenvalue weighted by molar-refractivity contribution is 4.84. The summed E-state index contributed by atoms with van der Waals surface area (Å²) in [4.78, 5) is 2.26. The molecule has 16 heavy (non-hydrogen) atoms. The second-order valence-corrected chi connectivity index (χ2v) is 4.58. The zero-order valence-corrected chi connectivity index (χ0v) is 11.2. The molecule has 0 aromatic rings. The van der Waals surface area contributed by atoms with Crippen molar-refractivity contribution < 1.29 is 0 Å². The van der Waals surface area contributed by atoms with Gasteiger partial charge in [-0.2, -0.15) is 0 Å². The average molecular weight is 225 g/mol. The Bertz CT molecular complexity index is 179. The molecule has 0 saturated heterocycles. The van der Waals surface area contributed by atoms with Gasteiger partial charge >= 0.3 is 0 Å². The summed E-state index contributed by atoms with van der Waals surface area (Å²) < 4.78 is 0. The van der Waals surface area contributed by atoms with Crippen LogP contribution in [0.1, 0.15) is 27.7 Å². The lowest BCUT2D eigenvalue weighted by Gasteiger charge is -2.34. The fraction of sp³-hybridized carbons (Fsp3) is 0.692. The van der Waals surface area contributed by atoms with Crippen LogP contribution in [0, 0.1) is 0 Å². The molecule has 0 aliphatic rings. The molecule has 0 aromatic heterocycles. The lowest BCUT2D eigenvalue weighted by molar-refractivity contribution is 0.145. The lowest BCUT2D eigenvalue weighted by atomic mass is 10.3. The van der Waals surface area contributed by atoms with Crippen molar-refractivity contribution in [3.63, 3.8) is 0 Å². The average Bonchev–Trinajstić information content (AvgIpc) is 2.15. The van der Waals surface area contributed by atoms with Gasteiger partial charge in [-0.05, 0) is 27.7 Å². The van der Waals surface area contributed by atoms with Crippen molar-refractivity contribution in [3.05, 3.63) is 25.3 Å². The summed E-state index contributed by atoms with van der Waals surface area (Å²) in [5.74, 6) is 0. The number of nitrogens with zero attached hydrogens (tertiary/aromatic N) is 1. The monoisotopic (exact) mass is 225 g/mol. The Kier molecular flexibility index (Phi) is 8.16. The quantitative estimate of drug-likeness (QED) is 0.464. The number of rotatable bonds is 9. The Morgan fingerprint density at radius 1 is 0.938 bits per heavy atom. The third kappa shape index (κ3) is 6.77. The van der Waals surface area contributed by atoms with E-state index in [1.54, 1.807) is 0 Å². The van der Waals surface area contributed by atoms with Crippen molar-refractivity contribution in [2.75, 3.05) is 13.1 Å². The van der Waals surface area contributed by atoms with Crippen LogP contribution in [0.4, 0.5) is 0 Å². The first-order valence-corrected chi connectivity index (χ1v) is 5.99. The molecule has 3 nitrogen and oxygen atoms in total. The summed E-state index contributed by atoms with van der Waals surface area (Å²) in [6, 6.07) is 0.877. The summed E-state index contributed by atoms with van der Waals surface area (Å²) in [6.45, 7) is 17.9. The minimum atomic E-state index is 0.163. The van der Waals surface area contributed by atoms with Gasteiger partial charge in [-0.25, -0.2) is 0 Å². The fourth-order valence-electron chi connectivity index (χ4n) is 1.51. The Hall–Kier alpha value is -0.640. The normalized spacial score (nSPS) is 11.8. The topological polar surface area (TPSA) is 27.3 Å². The van der Waals surface area contributed by atoms with Crippen LogP contribution >= 0.6 is 0 Å². The van der Waals surface area contributed by atoms with E-state index < -0.39 is 0 Å². The van der Waals surface area contributed by atoms with Crippen molar-refractivity contribution in [2.24, 2.45) is 0 Å². The van der Waals surface area contributed by atoms with Crippen LogP contribution < -0.4 is 10.6 Å². The van der Waals surface area contributed by atoms with Crippen molar-refractivity contribution in [3.8, 4) is 0 Å². The third-order valence-electron chi connectivity index (χ3n) is 2.07. The van der Waals surface area contributed by atoms with Gasteiger partial charge in [0.25, 0.3) is 0 Å². The number of nitrogens with one attached hydrogen (secondary N) is 2. The van der Waals surface area contributed by atoms with Gasteiger partial charge in [0.15, 0.2) is 0 Å². The van der Waals surface area contributed by atoms with Gasteiger partial charge in [0, 0.05) is 25.2 Å². The zero-order valence-electron chi connectivity index (χ0n) is 11.2. The van der Waals surface area contributed by atoms with Crippen LogP contribution in [0.25, 0.3) is 0 Å². The van der Waals surface area contributed by atoms with Crippen LogP contribution in [0.2, 0.25) is 0 Å². The predicted octanol–water partition coefficient (Wildman–Crippen LogP) is 1.94. The predicted molar refractivity (Wildman–Crippen MR) is 72.3 cm³/mol. The summed E-state index contributed by atoms with van der Waals surface area (Å²) in [6.07, 6.45) is 4.00. The van der Waals surface area contributed by atoms with E-state index in [1.165, 1.54) is 0 Å². The molecule has 0 fully saturated rings. The molecule has 0 aromatic carbocycles. The SMILES string of the molecule is C=CCN(CC=C)C(NC(C)C)NC(C)C. The molecular formula is C13H27N3. The Morgan fingerprint density at radius 3 is 1.56 bits per heavy atom. The largest absolute Gasteiger partial charge is 0.287 e. The highest BCUT2D eigenvalue weighted by atomic mass is 15.4. The molecule has 0 atom stereocenters. The first kappa shape index (κ1) is 15.4. The summed E-state index contributed by atoms with van der Waals surface area (Å²) >= 11 is 0. The molecule has 0 spiro atoms. The van der Waals surface area contributed by atoms with Crippen LogP contribution in [-0.4, -0.2) is 36.4 Å². The van der Waals surface area contributed by atoms with Crippen LogP contribution in [0.3, 0.4) is 0 Å². The maximum absolute atomic E-state index is 3.79. The lowest BCUT2D eigenvalue weighted by Crippen LogP contribution is -2.58. The van der Waals surface area contributed by atoms with Gasteiger partial charge in [0.05, 0.1) is 0 Å². The molecule has 0 bridgehead atoms. The molecule has 0 aliphatic carbocycles. The van der Waals surface area contributed by atoms with E-state index in [9.17, 15) is 0 Å². The molecule has 0 rings (SSSR count). The van der Waals surface area contributed by atoms with Crippen molar-refractivity contribution in [1.29, 1.82) is 0 Å². The molecule has 0 amide bonds. The molecule has 3 heteroatoms. The van der Waals surface area contributed by atoms with Crippen LogP contribution in [0.5, 0.6) is 0 Å². The van der Waals surface area contributed by atoms with Gasteiger partial charge in [0.2, 0.25) is 0 Å². The maximum atomic E-state index is 3.79. The van der Waals surface area contributed by atoms with Gasteiger partial charge in [-0.15, -0.1) is 13.2 Å². The van der Waals surface area contributed by atoms with Crippen molar-refractivity contribution >= 4 is 0 Å². The van der Waals surface area contributed by atoms with E-state index in [-0.39, 0.29) is 6.29 Å². The summed E-state index contributed by atoms with van der Waals surface area (Å²) in [5, 5.41) is 7.00. The standard InChI is InChI=1S/C13H27N3/c1-7-9-16(10-8-2)13(14-11(3)4)15-12(5)6/h7-8,11-15H,1-2,9-10H2,3-6H3.